The van der Waals surface area contributed by atoms with Crippen LogP contribution in [0.5, 0.6) is 0 Å². The second kappa shape index (κ2) is 7.99. The molecular formula is C24H31N3OS. The van der Waals surface area contributed by atoms with Crippen LogP contribution in [0, 0.1) is 28.6 Å². The predicted molar refractivity (Wildman–Crippen MR) is 121 cm³/mol. The number of nitriles is 1. The molecule has 29 heavy (non-hydrogen) atoms. The van der Waals surface area contributed by atoms with E-state index in [-0.39, 0.29) is 0 Å². The predicted octanol–water partition coefficient (Wildman–Crippen LogP) is 6.35. The number of hydrogen-bond acceptors (Lipinski definition) is 5. The quantitative estimate of drug-likeness (QED) is 0.555. The zero-order chi connectivity index (χ0) is 20.6. The van der Waals surface area contributed by atoms with Crippen molar-refractivity contribution < 1.29 is 4.42 Å². The fourth-order valence-corrected chi connectivity index (χ4v) is 5.67. The Morgan fingerprint density at radius 2 is 2.00 bits per heavy atom. The van der Waals surface area contributed by atoms with Gasteiger partial charge in [0.1, 0.15) is 16.8 Å². The second-order valence-electron chi connectivity index (χ2n) is 9.71. The zero-order valence-corrected chi connectivity index (χ0v) is 18.8. The minimum Gasteiger partial charge on any atom is -0.440 e. The maximum atomic E-state index is 9.73. The number of thiophene rings is 1. The highest BCUT2D eigenvalue weighted by Gasteiger charge is 2.32. The van der Waals surface area contributed by atoms with Gasteiger partial charge in [0, 0.05) is 24.0 Å². The topological polar surface area (TPSA) is 52.5 Å². The Morgan fingerprint density at radius 1 is 1.24 bits per heavy atom. The summed E-state index contributed by atoms with van der Waals surface area (Å²) in [6.45, 7) is 11.4. The number of rotatable bonds is 3. The molecule has 0 radical (unpaired) electrons. The molecule has 5 heteroatoms. The molecule has 1 saturated heterocycles. The third-order valence-electron chi connectivity index (χ3n) is 6.60. The largest absolute Gasteiger partial charge is 0.440 e. The summed E-state index contributed by atoms with van der Waals surface area (Å²) in [6.07, 6.45) is 7.41. The van der Waals surface area contributed by atoms with E-state index in [9.17, 15) is 5.26 Å². The van der Waals surface area contributed by atoms with Gasteiger partial charge in [0.05, 0.1) is 11.8 Å². The van der Waals surface area contributed by atoms with Crippen molar-refractivity contribution in [3.63, 3.8) is 0 Å². The monoisotopic (exact) mass is 409 g/mol. The first-order valence-corrected chi connectivity index (χ1v) is 11.6. The first kappa shape index (κ1) is 20.2. The zero-order valence-electron chi connectivity index (χ0n) is 18.0. The van der Waals surface area contributed by atoms with E-state index in [4.69, 9.17) is 4.42 Å². The first-order chi connectivity index (χ1) is 13.8. The molecule has 2 aliphatic rings. The Labute approximate surface area is 178 Å². The minimum atomic E-state index is 0.300. The number of nitrogens with zero attached hydrogens (tertiary/aromatic N) is 3. The van der Waals surface area contributed by atoms with Gasteiger partial charge in [-0.3, -0.25) is 0 Å². The fraction of sp³-hybridized carbons (Fsp3) is 0.583. The highest BCUT2D eigenvalue weighted by Crippen LogP contribution is 2.44. The lowest BCUT2D eigenvalue weighted by Crippen LogP contribution is -2.32. The molecule has 0 unspecified atom stereocenters. The lowest BCUT2D eigenvalue weighted by molar-refractivity contribution is 0.218. The minimum absolute atomic E-state index is 0.300. The maximum Gasteiger partial charge on any atom is 0.196 e. The molecule has 1 fully saturated rings. The lowest BCUT2D eigenvalue weighted by Gasteiger charge is -2.33. The van der Waals surface area contributed by atoms with Gasteiger partial charge in [-0.05, 0) is 61.0 Å². The molecule has 0 N–H and O–H groups in total. The van der Waals surface area contributed by atoms with Gasteiger partial charge in [0.25, 0.3) is 0 Å². The standard InChI is InChI=1S/C24H31N3OS/c1-16-9-11-27(12-10-16)22-8-6-18(28-22)15-26-23-20(14-25)19-7-5-17(24(2,3)4)13-21(19)29-23/h6,8,15-17H,5,7,9-13H2,1-4H3/t17-/m0/s1. The van der Waals surface area contributed by atoms with Crippen LogP contribution in [-0.2, 0) is 12.8 Å². The summed E-state index contributed by atoms with van der Waals surface area (Å²) in [7, 11) is 0. The van der Waals surface area contributed by atoms with Gasteiger partial charge in [0.15, 0.2) is 5.88 Å². The van der Waals surface area contributed by atoms with E-state index < -0.39 is 0 Å². The number of fused-ring (bicyclic) bond motifs is 1. The third-order valence-corrected chi connectivity index (χ3v) is 7.76. The molecule has 1 atom stereocenters. The van der Waals surface area contributed by atoms with E-state index >= 15 is 0 Å². The van der Waals surface area contributed by atoms with E-state index in [1.807, 2.05) is 12.1 Å². The van der Waals surface area contributed by atoms with Gasteiger partial charge < -0.3 is 9.32 Å². The Kier molecular flexibility index (Phi) is 5.57. The number of furan rings is 1. The number of anilines is 1. The number of hydrogen-bond donors (Lipinski definition) is 0. The summed E-state index contributed by atoms with van der Waals surface area (Å²) in [5.41, 5.74) is 2.30. The normalized spacial score (nSPS) is 20.8. The summed E-state index contributed by atoms with van der Waals surface area (Å²) in [4.78, 5) is 8.33. The van der Waals surface area contributed by atoms with E-state index in [2.05, 4.69) is 43.7 Å². The maximum absolute atomic E-state index is 9.73. The molecule has 4 rings (SSSR count). The SMILES string of the molecule is CC1CCN(c2ccc(C=Nc3sc4c(c3C#N)CC[C@H](C(C)(C)C)C4)o2)CC1. The van der Waals surface area contributed by atoms with Crippen LogP contribution in [0.2, 0.25) is 0 Å². The van der Waals surface area contributed by atoms with Crippen LogP contribution in [0.4, 0.5) is 10.9 Å². The number of piperidine rings is 1. The first-order valence-electron chi connectivity index (χ1n) is 10.8. The summed E-state index contributed by atoms with van der Waals surface area (Å²) in [5, 5.41) is 10.6. The average Bonchev–Trinajstić information content (AvgIpc) is 3.29. The van der Waals surface area contributed by atoms with E-state index in [1.165, 1.54) is 23.3 Å². The lowest BCUT2D eigenvalue weighted by atomic mass is 9.72. The van der Waals surface area contributed by atoms with Crippen LogP contribution >= 0.6 is 11.3 Å². The van der Waals surface area contributed by atoms with Crippen LogP contribution < -0.4 is 4.90 Å². The molecule has 2 aromatic heterocycles. The van der Waals surface area contributed by atoms with Crippen molar-refractivity contribution in [2.45, 2.75) is 59.8 Å². The smallest absolute Gasteiger partial charge is 0.196 e. The van der Waals surface area contributed by atoms with E-state index in [0.29, 0.717) is 11.3 Å². The van der Waals surface area contributed by atoms with Crippen LogP contribution in [0.3, 0.4) is 0 Å². The Hall–Kier alpha value is -2.06. The van der Waals surface area contributed by atoms with Crippen molar-refractivity contribution >= 4 is 28.4 Å². The molecule has 2 aromatic rings. The molecule has 3 heterocycles. The average molecular weight is 410 g/mol. The summed E-state index contributed by atoms with van der Waals surface area (Å²) < 4.78 is 6.02. The van der Waals surface area contributed by atoms with Crippen molar-refractivity contribution in [3.8, 4) is 6.07 Å². The van der Waals surface area contributed by atoms with Crippen molar-refractivity contribution in [2.24, 2.45) is 22.2 Å². The Balaban J connectivity index is 1.51. The van der Waals surface area contributed by atoms with Crippen molar-refractivity contribution in [1.29, 1.82) is 5.26 Å². The van der Waals surface area contributed by atoms with Gasteiger partial charge in [-0.1, -0.05) is 27.7 Å². The molecule has 0 saturated carbocycles. The summed E-state index contributed by atoms with van der Waals surface area (Å²) in [6, 6.07) is 6.43. The van der Waals surface area contributed by atoms with Gasteiger partial charge in [-0.25, -0.2) is 4.99 Å². The van der Waals surface area contributed by atoms with Crippen LogP contribution in [0.15, 0.2) is 21.5 Å². The van der Waals surface area contributed by atoms with Crippen molar-refractivity contribution in [1.82, 2.24) is 0 Å². The third kappa shape index (κ3) is 4.28. The Bertz CT molecular complexity index is 932. The molecule has 1 aliphatic heterocycles. The number of aliphatic imine (C=N–C) groups is 1. The van der Waals surface area contributed by atoms with Crippen molar-refractivity contribution in [3.05, 3.63) is 33.9 Å². The van der Waals surface area contributed by atoms with E-state index in [1.54, 1.807) is 17.6 Å². The molecule has 0 aromatic carbocycles. The molecule has 4 nitrogen and oxygen atoms in total. The van der Waals surface area contributed by atoms with Crippen LogP contribution in [-0.4, -0.2) is 19.3 Å². The molecule has 0 amide bonds. The fourth-order valence-electron chi connectivity index (χ4n) is 4.45. The van der Waals surface area contributed by atoms with Crippen LogP contribution in [0.1, 0.15) is 68.7 Å². The summed E-state index contributed by atoms with van der Waals surface area (Å²) >= 11 is 1.69. The van der Waals surface area contributed by atoms with Crippen LogP contribution in [0.25, 0.3) is 0 Å². The second-order valence-corrected chi connectivity index (χ2v) is 10.8. The summed E-state index contributed by atoms with van der Waals surface area (Å²) in [5.74, 6) is 3.14. The Morgan fingerprint density at radius 3 is 2.69 bits per heavy atom. The van der Waals surface area contributed by atoms with Gasteiger partial charge in [-0.2, -0.15) is 5.26 Å². The van der Waals surface area contributed by atoms with Gasteiger partial charge in [0.2, 0.25) is 0 Å². The van der Waals surface area contributed by atoms with E-state index in [0.717, 1.165) is 60.5 Å². The molecular weight excluding hydrogens is 378 g/mol. The van der Waals surface area contributed by atoms with Crippen molar-refractivity contribution in [2.75, 3.05) is 18.0 Å². The molecule has 154 valence electrons. The molecule has 1 aliphatic carbocycles. The highest BCUT2D eigenvalue weighted by molar-refractivity contribution is 7.16. The highest BCUT2D eigenvalue weighted by atomic mass is 32.1. The molecule has 0 bridgehead atoms. The van der Waals surface area contributed by atoms with Gasteiger partial charge >= 0.3 is 0 Å². The molecule has 0 spiro atoms. The van der Waals surface area contributed by atoms with Gasteiger partial charge in [-0.15, -0.1) is 11.3 Å².